The second kappa shape index (κ2) is 3.87. The van der Waals surface area contributed by atoms with Crippen molar-refractivity contribution in [3.63, 3.8) is 0 Å². The van der Waals surface area contributed by atoms with Gasteiger partial charge in [-0.2, -0.15) is 0 Å². The molecule has 4 heteroatoms. The van der Waals surface area contributed by atoms with Crippen LogP contribution in [0.15, 0.2) is 18.2 Å². The smallest absolute Gasteiger partial charge is 0.231 e. The lowest BCUT2D eigenvalue weighted by Gasteiger charge is -2.35. The average molecular weight is 220 g/mol. The highest BCUT2D eigenvalue weighted by atomic mass is 16.7. The van der Waals surface area contributed by atoms with Gasteiger partial charge < -0.3 is 19.7 Å². The van der Waals surface area contributed by atoms with E-state index < -0.39 is 0 Å². The molecule has 1 N–H and O–H groups in total. The summed E-state index contributed by atoms with van der Waals surface area (Å²) in [5, 5.41) is 3.39. The Hall–Kier alpha value is -1.42. The maximum Gasteiger partial charge on any atom is 0.231 e. The zero-order chi connectivity index (χ0) is 11.0. The molecule has 86 valence electrons. The Bertz CT molecular complexity index is 395. The van der Waals surface area contributed by atoms with Crippen LogP contribution in [0.3, 0.4) is 0 Å². The number of rotatable bonds is 1. The molecule has 16 heavy (non-hydrogen) atoms. The van der Waals surface area contributed by atoms with E-state index >= 15 is 0 Å². The van der Waals surface area contributed by atoms with E-state index in [1.54, 1.807) is 0 Å². The number of hydrogen-bond acceptors (Lipinski definition) is 4. The molecule has 2 heterocycles. The van der Waals surface area contributed by atoms with E-state index in [1.165, 1.54) is 5.69 Å². The van der Waals surface area contributed by atoms with Crippen LogP contribution in [-0.4, -0.2) is 32.5 Å². The third-order valence-electron chi connectivity index (χ3n) is 3.19. The van der Waals surface area contributed by atoms with Crippen LogP contribution in [0.25, 0.3) is 0 Å². The minimum Gasteiger partial charge on any atom is -0.454 e. The lowest BCUT2D eigenvalue weighted by molar-refractivity contribution is 0.174. The molecular weight excluding hydrogens is 204 g/mol. The first-order chi connectivity index (χ1) is 7.84. The molecule has 3 rings (SSSR count). The van der Waals surface area contributed by atoms with Crippen LogP contribution in [0.1, 0.15) is 6.92 Å². The number of piperazine rings is 1. The summed E-state index contributed by atoms with van der Waals surface area (Å²) in [5.41, 5.74) is 1.22. The Morgan fingerprint density at radius 1 is 1.31 bits per heavy atom. The van der Waals surface area contributed by atoms with Crippen LogP contribution in [0.2, 0.25) is 0 Å². The number of nitrogens with one attached hydrogen (secondary N) is 1. The Morgan fingerprint density at radius 3 is 3.06 bits per heavy atom. The largest absolute Gasteiger partial charge is 0.454 e. The van der Waals surface area contributed by atoms with E-state index in [2.05, 4.69) is 29.3 Å². The van der Waals surface area contributed by atoms with Gasteiger partial charge in [0.2, 0.25) is 6.79 Å². The van der Waals surface area contributed by atoms with Crippen LogP contribution >= 0.6 is 0 Å². The van der Waals surface area contributed by atoms with Crippen LogP contribution in [0.4, 0.5) is 5.69 Å². The fraction of sp³-hybridized carbons (Fsp3) is 0.500. The molecule has 1 aromatic rings. The summed E-state index contributed by atoms with van der Waals surface area (Å²) < 4.78 is 10.7. The van der Waals surface area contributed by atoms with Gasteiger partial charge in [0.05, 0.1) is 0 Å². The minimum atomic E-state index is 0.343. The summed E-state index contributed by atoms with van der Waals surface area (Å²) in [6.07, 6.45) is 0. The highest BCUT2D eigenvalue weighted by Gasteiger charge is 2.21. The highest BCUT2D eigenvalue weighted by Crippen LogP contribution is 2.36. The van der Waals surface area contributed by atoms with E-state index in [-0.39, 0.29) is 0 Å². The number of benzene rings is 1. The fourth-order valence-electron chi connectivity index (χ4n) is 2.29. The summed E-state index contributed by atoms with van der Waals surface area (Å²) >= 11 is 0. The standard InChI is InChI=1S/C12H16N2O2/c1-9-7-13-4-5-14(9)10-2-3-11-12(6-10)16-8-15-11/h2-3,6,9,13H,4-5,7-8H2,1H3/t9-/m1/s1. The van der Waals surface area contributed by atoms with Gasteiger partial charge in [0.1, 0.15) is 0 Å². The molecule has 1 atom stereocenters. The molecular formula is C12H16N2O2. The third-order valence-corrected chi connectivity index (χ3v) is 3.19. The summed E-state index contributed by atoms with van der Waals surface area (Å²) in [6.45, 7) is 5.70. The number of fused-ring (bicyclic) bond motifs is 1. The van der Waals surface area contributed by atoms with Gasteiger partial charge in [-0.05, 0) is 19.1 Å². The molecule has 0 amide bonds. The maximum absolute atomic E-state index is 5.40. The first-order valence-electron chi connectivity index (χ1n) is 5.71. The second-order valence-electron chi connectivity index (χ2n) is 4.28. The van der Waals surface area contributed by atoms with Gasteiger partial charge in [-0.25, -0.2) is 0 Å². The van der Waals surface area contributed by atoms with E-state index in [1.807, 2.05) is 6.07 Å². The van der Waals surface area contributed by atoms with E-state index in [9.17, 15) is 0 Å². The Morgan fingerprint density at radius 2 is 2.19 bits per heavy atom. The van der Waals surface area contributed by atoms with Crippen molar-refractivity contribution < 1.29 is 9.47 Å². The van der Waals surface area contributed by atoms with Crippen LogP contribution < -0.4 is 19.7 Å². The third kappa shape index (κ3) is 1.59. The lowest BCUT2D eigenvalue weighted by Crippen LogP contribution is -2.49. The fourth-order valence-corrected chi connectivity index (χ4v) is 2.29. The van der Waals surface area contributed by atoms with Crippen molar-refractivity contribution in [2.24, 2.45) is 0 Å². The molecule has 1 aromatic carbocycles. The number of anilines is 1. The highest BCUT2D eigenvalue weighted by molar-refractivity contribution is 5.57. The van der Waals surface area contributed by atoms with Crippen LogP contribution in [-0.2, 0) is 0 Å². The summed E-state index contributed by atoms with van der Waals surface area (Å²) in [4.78, 5) is 2.40. The lowest BCUT2D eigenvalue weighted by atomic mass is 10.1. The van der Waals surface area contributed by atoms with Gasteiger partial charge in [0.15, 0.2) is 11.5 Å². The Kier molecular flexibility index (Phi) is 2.36. The van der Waals surface area contributed by atoms with E-state index in [0.29, 0.717) is 12.8 Å². The summed E-state index contributed by atoms with van der Waals surface area (Å²) in [6, 6.07) is 6.69. The normalized spacial score (nSPS) is 23.6. The van der Waals surface area contributed by atoms with Crippen molar-refractivity contribution in [2.75, 3.05) is 31.3 Å². The average Bonchev–Trinajstić information content (AvgIpc) is 2.76. The molecule has 0 aliphatic carbocycles. The first-order valence-corrected chi connectivity index (χ1v) is 5.71. The number of hydrogen-bond donors (Lipinski definition) is 1. The maximum atomic E-state index is 5.40. The van der Waals surface area contributed by atoms with Crippen molar-refractivity contribution in [3.8, 4) is 11.5 Å². The first kappa shape index (κ1) is 9.78. The molecule has 0 saturated carbocycles. The predicted octanol–water partition coefficient (Wildman–Crippen LogP) is 1.21. The van der Waals surface area contributed by atoms with Crippen molar-refractivity contribution in [3.05, 3.63) is 18.2 Å². The molecule has 0 unspecified atom stereocenters. The van der Waals surface area contributed by atoms with Gasteiger partial charge in [0.25, 0.3) is 0 Å². The SMILES string of the molecule is C[C@@H]1CNCCN1c1ccc2c(c1)OCO2. The van der Waals surface area contributed by atoms with Crippen molar-refractivity contribution in [2.45, 2.75) is 13.0 Å². The number of nitrogens with zero attached hydrogens (tertiary/aromatic N) is 1. The molecule has 0 aromatic heterocycles. The summed E-state index contributed by atoms with van der Waals surface area (Å²) in [5.74, 6) is 1.72. The van der Waals surface area contributed by atoms with Gasteiger partial charge in [-0.1, -0.05) is 0 Å². The molecule has 1 fully saturated rings. The second-order valence-corrected chi connectivity index (χ2v) is 4.28. The van der Waals surface area contributed by atoms with E-state index in [0.717, 1.165) is 31.1 Å². The van der Waals surface area contributed by atoms with Crippen molar-refractivity contribution in [1.82, 2.24) is 5.32 Å². The minimum absolute atomic E-state index is 0.343. The molecule has 0 spiro atoms. The molecule has 0 bridgehead atoms. The van der Waals surface area contributed by atoms with Gasteiger partial charge in [0, 0.05) is 37.4 Å². The van der Waals surface area contributed by atoms with Crippen molar-refractivity contribution >= 4 is 5.69 Å². The van der Waals surface area contributed by atoms with Crippen molar-refractivity contribution in [1.29, 1.82) is 0 Å². The van der Waals surface area contributed by atoms with Gasteiger partial charge >= 0.3 is 0 Å². The zero-order valence-corrected chi connectivity index (χ0v) is 9.40. The van der Waals surface area contributed by atoms with Crippen LogP contribution in [0.5, 0.6) is 11.5 Å². The predicted molar refractivity (Wildman–Crippen MR) is 62.2 cm³/mol. The molecule has 4 nitrogen and oxygen atoms in total. The Labute approximate surface area is 95.1 Å². The van der Waals surface area contributed by atoms with Gasteiger partial charge in [-0.15, -0.1) is 0 Å². The zero-order valence-electron chi connectivity index (χ0n) is 9.40. The molecule has 0 radical (unpaired) electrons. The molecule has 1 saturated heterocycles. The monoisotopic (exact) mass is 220 g/mol. The Balaban J connectivity index is 1.88. The topological polar surface area (TPSA) is 33.7 Å². The summed E-state index contributed by atoms with van der Waals surface area (Å²) in [7, 11) is 0. The molecule has 2 aliphatic rings. The number of ether oxygens (including phenoxy) is 2. The quantitative estimate of drug-likeness (QED) is 0.771. The van der Waals surface area contributed by atoms with Gasteiger partial charge in [-0.3, -0.25) is 0 Å². The molecule has 2 aliphatic heterocycles. The van der Waals surface area contributed by atoms with Crippen LogP contribution in [0, 0.1) is 0 Å². The van der Waals surface area contributed by atoms with E-state index in [4.69, 9.17) is 9.47 Å².